The number of aliphatic hydroxyl groups is 1. The predicted octanol–water partition coefficient (Wildman–Crippen LogP) is 6.15. The molecule has 0 radical (unpaired) electrons. The van der Waals surface area contributed by atoms with Gasteiger partial charge in [0.05, 0.1) is 11.2 Å². The topological polar surface area (TPSA) is 29.5 Å². The van der Waals surface area contributed by atoms with E-state index in [0.29, 0.717) is 7.48 Å². The molecule has 0 aromatic heterocycles. The van der Waals surface area contributed by atoms with E-state index in [-0.39, 0.29) is 5.41 Å². The minimum atomic E-state index is -0.913. The third-order valence-corrected chi connectivity index (χ3v) is 9.75. The Kier molecular flexibility index (Phi) is 5.14. The van der Waals surface area contributed by atoms with Crippen molar-refractivity contribution in [1.29, 1.82) is 0 Å². The molecule has 0 unspecified atom stereocenters. The Balaban J connectivity index is 1.51. The van der Waals surface area contributed by atoms with Gasteiger partial charge in [0.1, 0.15) is 0 Å². The second-order valence-electron chi connectivity index (χ2n) is 10.3. The Morgan fingerprint density at radius 1 is 0.844 bits per heavy atom. The minimum absolute atomic E-state index is 0.0857. The molecule has 0 spiro atoms. The van der Waals surface area contributed by atoms with Crippen LogP contribution in [-0.4, -0.2) is 23.8 Å². The van der Waals surface area contributed by atoms with Gasteiger partial charge in [-0.1, -0.05) is 79.2 Å². The molecule has 0 bridgehead atoms. The molecule has 5 heteroatoms. The van der Waals surface area contributed by atoms with Crippen LogP contribution in [0.5, 0.6) is 0 Å². The molecule has 3 aromatic rings. The summed E-state index contributed by atoms with van der Waals surface area (Å²) in [4.78, 5) is 5.43. The normalized spacial score (nSPS) is 16.1. The predicted molar refractivity (Wildman–Crippen MR) is 137 cm³/mol. The van der Waals surface area contributed by atoms with Crippen LogP contribution in [0.3, 0.4) is 0 Å². The van der Waals surface area contributed by atoms with Crippen LogP contribution in [0.4, 0.5) is 0 Å². The maximum absolute atomic E-state index is 10.4. The van der Waals surface area contributed by atoms with Crippen LogP contribution in [0.25, 0.3) is 11.1 Å². The molecule has 0 fully saturated rings. The van der Waals surface area contributed by atoms with Crippen molar-refractivity contribution in [3.8, 4) is 11.1 Å². The molecule has 5 rings (SSSR count). The van der Waals surface area contributed by atoms with Crippen LogP contribution in [0.1, 0.15) is 52.7 Å². The Morgan fingerprint density at radius 3 is 2.19 bits per heavy atom. The standard InChI is InChI=1S/C27H29BO2S2/c1-25(2)19-15-16(28-30-27(5,6)26(3,4)29)11-12-17(19)18-13-14-22-24(23(18)25)32-21-10-8-7-9-20(21)31-22/h7-15,28-29H,1-6H3. The van der Waals surface area contributed by atoms with E-state index >= 15 is 0 Å². The molecule has 164 valence electrons. The number of rotatable bonds is 4. The van der Waals surface area contributed by atoms with Gasteiger partial charge in [0.15, 0.2) is 0 Å². The van der Waals surface area contributed by atoms with Crippen LogP contribution in [0.2, 0.25) is 0 Å². The Morgan fingerprint density at radius 2 is 1.50 bits per heavy atom. The van der Waals surface area contributed by atoms with Crippen molar-refractivity contribution in [2.75, 3.05) is 0 Å². The van der Waals surface area contributed by atoms with Gasteiger partial charge >= 0.3 is 7.48 Å². The van der Waals surface area contributed by atoms with E-state index in [4.69, 9.17) is 4.65 Å². The summed E-state index contributed by atoms with van der Waals surface area (Å²) < 4.78 is 6.16. The SMILES string of the molecule is CC1(C)c2cc(BOC(C)(C)C(C)(C)O)ccc2-c2ccc3c(c21)Sc1ccccc1S3. The highest BCUT2D eigenvalue weighted by Gasteiger charge is 2.40. The number of fused-ring (bicyclic) bond motifs is 6. The fourth-order valence-electron chi connectivity index (χ4n) is 4.45. The first-order chi connectivity index (χ1) is 15.0. The number of hydrogen-bond donors (Lipinski definition) is 1. The quantitative estimate of drug-likeness (QED) is 0.370. The molecule has 2 nitrogen and oxygen atoms in total. The van der Waals surface area contributed by atoms with Crippen LogP contribution in [-0.2, 0) is 10.1 Å². The zero-order valence-electron chi connectivity index (χ0n) is 19.6. The summed E-state index contributed by atoms with van der Waals surface area (Å²) in [5, 5.41) is 10.4. The lowest BCUT2D eigenvalue weighted by Crippen LogP contribution is -2.49. The molecule has 0 saturated heterocycles. The third kappa shape index (κ3) is 3.45. The largest absolute Gasteiger partial charge is 0.427 e. The summed E-state index contributed by atoms with van der Waals surface area (Å²) in [6, 6.07) is 20.0. The molecular formula is C27H29BO2S2. The first kappa shape index (κ1) is 22.2. The van der Waals surface area contributed by atoms with Gasteiger partial charge in [0.25, 0.3) is 0 Å². The zero-order chi connectivity index (χ0) is 22.9. The molecule has 32 heavy (non-hydrogen) atoms. The number of benzene rings is 3. The highest BCUT2D eigenvalue weighted by Crippen LogP contribution is 2.58. The summed E-state index contributed by atoms with van der Waals surface area (Å²) in [6.45, 7) is 12.2. The highest BCUT2D eigenvalue weighted by molar-refractivity contribution is 8.05. The summed E-state index contributed by atoms with van der Waals surface area (Å²) in [5.74, 6) is 0. The fourth-order valence-corrected chi connectivity index (χ4v) is 7.00. The Bertz CT molecular complexity index is 1220. The molecule has 2 aliphatic rings. The van der Waals surface area contributed by atoms with E-state index < -0.39 is 11.2 Å². The molecule has 0 atom stereocenters. The van der Waals surface area contributed by atoms with Crippen molar-refractivity contribution in [3.63, 3.8) is 0 Å². The van der Waals surface area contributed by atoms with E-state index in [9.17, 15) is 5.11 Å². The molecule has 1 N–H and O–H groups in total. The van der Waals surface area contributed by atoms with Gasteiger partial charge in [-0.25, -0.2) is 0 Å². The van der Waals surface area contributed by atoms with Gasteiger partial charge in [0.2, 0.25) is 0 Å². The zero-order valence-corrected chi connectivity index (χ0v) is 21.2. The highest BCUT2D eigenvalue weighted by atomic mass is 32.2. The van der Waals surface area contributed by atoms with Crippen molar-refractivity contribution < 1.29 is 9.76 Å². The summed E-state index contributed by atoms with van der Waals surface area (Å²) >= 11 is 3.79. The number of hydrogen-bond acceptors (Lipinski definition) is 4. The average molecular weight is 460 g/mol. The van der Waals surface area contributed by atoms with Crippen LogP contribution in [0.15, 0.2) is 74.2 Å². The van der Waals surface area contributed by atoms with Crippen LogP contribution >= 0.6 is 23.5 Å². The van der Waals surface area contributed by atoms with Crippen molar-refractivity contribution >= 4 is 36.5 Å². The maximum atomic E-state index is 10.4. The van der Waals surface area contributed by atoms with Crippen molar-refractivity contribution in [3.05, 3.63) is 65.7 Å². The lowest BCUT2D eigenvalue weighted by Gasteiger charge is -2.37. The third-order valence-electron chi connectivity index (χ3n) is 7.15. The second-order valence-corrected chi connectivity index (χ2v) is 12.5. The van der Waals surface area contributed by atoms with Crippen LogP contribution < -0.4 is 5.46 Å². The molecular weight excluding hydrogens is 431 g/mol. The van der Waals surface area contributed by atoms with Crippen molar-refractivity contribution in [2.45, 2.75) is 77.7 Å². The molecule has 1 aliphatic heterocycles. The van der Waals surface area contributed by atoms with E-state index in [2.05, 4.69) is 68.4 Å². The average Bonchev–Trinajstić information content (AvgIpc) is 2.97. The smallest absolute Gasteiger partial charge is 0.309 e. The minimum Gasteiger partial charge on any atom is -0.427 e. The molecule has 0 amide bonds. The first-order valence-corrected chi connectivity index (χ1v) is 12.7. The molecule has 1 aliphatic carbocycles. The Hall–Kier alpha value is -1.66. The van der Waals surface area contributed by atoms with Gasteiger partial charge in [0, 0.05) is 25.0 Å². The maximum Gasteiger partial charge on any atom is 0.309 e. The summed E-state index contributed by atoms with van der Waals surface area (Å²) in [7, 11) is 0.479. The summed E-state index contributed by atoms with van der Waals surface area (Å²) in [5.41, 5.74) is 4.97. The lowest BCUT2D eigenvalue weighted by atomic mass is 9.77. The molecule has 1 heterocycles. The fraction of sp³-hybridized carbons (Fsp3) is 0.333. The summed E-state index contributed by atoms with van der Waals surface area (Å²) in [6.07, 6.45) is 0. The van der Waals surface area contributed by atoms with E-state index in [1.54, 1.807) is 13.8 Å². The van der Waals surface area contributed by atoms with Crippen molar-refractivity contribution in [2.24, 2.45) is 0 Å². The van der Waals surface area contributed by atoms with E-state index in [0.717, 1.165) is 5.46 Å². The molecule has 0 saturated carbocycles. The van der Waals surface area contributed by atoms with E-state index in [1.807, 2.05) is 37.4 Å². The van der Waals surface area contributed by atoms with E-state index in [1.165, 1.54) is 41.8 Å². The van der Waals surface area contributed by atoms with Gasteiger partial charge in [-0.3, -0.25) is 0 Å². The first-order valence-electron chi connectivity index (χ1n) is 11.1. The van der Waals surface area contributed by atoms with Gasteiger partial charge in [-0.2, -0.15) is 0 Å². The lowest BCUT2D eigenvalue weighted by molar-refractivity contribution is -0.0893. The van der Waals surface area contributed by atoms with Crippen LogP contribution in [0, 0.1) is 0 Å². The van der Waals surface area contributed by atoms with Crippen molar-refractivity contribution in [1.82, 2.24) is 0 Å². The monoisotopic (exact) mass is 460 g/mol. The molecule has 3 aromatic carbocycles. The van der Waals surface area contributed by atoms with Gasteiger partial charge < -0.3 is 9.76 Å². The Labute approximate surface area is 200 Å². The van der Waals surface area contributed by atoms with Gasteiger partial charge in [-0.15, -0.1) is 0 Å². The second kappa shape index (κ2) is 7.43. The van der Waals surface area contributed by atoms with Gasteiger partial charge in [-0.05, 0) is 68.1 Å².